The van der Waals surface area contributed by atoms with Crippen LogP contribution in [0.5, 0.6) is 0 Å². The van der Waals surface area contributed by atoms with Crippen molar-refractivity contribution in [3.05, 3.63) is 106 Å². The molecular formula is C31H32N2O3. The van der Waals surface area contributed by atoms with Crippen LogP contribution in [0.25, 0.3) is 0 Å². The van der Waals surface area contributed by atoms with E-state index < -0.39 is 0 Å². The third kappa shape index (κ3) is 4.53. The molecule has 0 saturated heterocycles. The number of esters is 1. The number of carbonyl (C=O) groups is 2. The summed E-state index contributed by atoms with van der Waals surface area (Å²) in [6, 6.07) is 23.7. The lowest BCUT2D eigenvalue weighted by molar-refractivity contribution is -0.116. The third-order valence-electron chi connectivity index (χ3n) is 7.22. The van der Waals surface area contributed by atoms with Gasteiger partial charge in [0.15, 0.2) is 5.78 Å². The van der Waals surface area contributed by atoms with Crippen LogP contribution >= 0.6 is 0 Å². The zero-order valence-electron chi connectivity index (χ0n) is 21.2. The van der Waals surface area contributed by atoms with E-state index in [4.69, 9.17) is 4.74 Å². The Kier molecular flexibility index (Phi) is 6.17. The maximum absolute atomic E-state index is 13.7. The van der Waals surface area contributed by atoms with Gasteiger partial charge in [0, 0.05) is 17.7 Å². The number of carbonyl (C=O) groups excluding carboxylic acids is 2. The highest BCUT2D eigenvalue weighted by Gasteiger charge is 2.36. The van der Waals surface area contributed by atoms with Crippen molar-refractivity contribution in [2.45, 2.75) is 51.0 Å². The van der Waals surface area contributed by atoms with Crippen LogP contribution in [-0.4, -0.2) is 18.9 Å². The summed E-state index contributed by atoms with van der Waals surface area (Å²) in [7, 11) is 1.37. The molecule has 0 amide bonds. The molecule has 3 aromatic rings. The molecule has 2 aliphatic rings. The number of fused-ring (bicyclic) bond motifs is 1. The summed E-state index contributed by atoms with van der Waals surface area (Å²) in [5, 5.41) is 7.18. The van der Waals surface area contributed by atoms with E-state index in [-0.39, 0.29) is 29.1 Å². The van der Waals surface area contributed by atoms with Gasteiger partial charge in [-0.25, -0.2) is 4.79 Å². The molecule has 5 heteroatoms. The van der Waals surface area contributed by atoms with E-state index >= 15 is 0 Å². The van der Waals surface area contributed by atoms with Crippen LogP contribution < -0.4 is 10.6 Å². The van der Waals surface area contributed by atoms with E-state index in [0.29, 0.717) is 12.0 Å². The maximum atomic E-state index is 13.7. The van der Waals surface area contributed by atoms with E-state index in [9.17, 15) is 9.59 Å². The number of anilines is 2. The van der Waals surface area contributed by atoms with Crippen LogP contribution in [-0.2, 0) is 14.9 Å². The zero-order valence-corrected chi connectivity index (χ0v) is 21.2. The Morgan fingerprint density at radius 3 is 2.14 bits per heavy atom. The molecule has 2 atom stereocenters. The van der Waals surface area contributed by atoms with E-state index in [1.807, 2.05) is 36.4 Å². The summed E-state index contributed by atoms with van der Waals surface area (Å²) in [6.45, 7) is 6.63. The number of nitrogens with one attached hydrogen (secondary N) is 2. The smallest absolute Gasteiger partial charge is 0.337 e. The Morgan fingerprint density at radius 1 is 0.861 bits per heavy atom. The van der Waals surface area contributed by atoms with Crippen molar-refractivity contribution in [2.24, 2.45) is 0 Å². The van der Waals surface area contributed by atoms with Gasteiger partial charge >= 0.3 is 5.97 Å². The van der Waals surface area contributed by atoms with Crippen LogP contribution in [0, 0.1) is 0 Å². The minimum absolute atomic E-state index is 0.0888. The second kappa shape index (κ2) is 9.30. The molecule has 184 valence electrons. The van der Waals surface area contributed by atoms with Crippen LogP contribution in [0.3, 0.4) is 0 Å². The van der Waals surface area contributed by atoms with Gasteiger partial charge in [-0.05, 0) is 58.7 Å². The molecule has 0 spiro atoms. The van der Waals surface area contributed by atoms with Crippen molar-refractivity contribution in [3.8, 4) is 0 Å². The number of ketones is 1. The number of hydrogen-bond donors (Lipinski definition) is 2. The van der Waals surface area contributed by atoms with Crippen molar-refractivity contribution in [3.63, 3.8) is 0 Å². The van der Waals surface area contributed by atoms with Gasteiger partial charge in [-0.15, -0.1) is 0 Å². The molecule has 36 heavy (non-hydrogen) atoms. The van der Waals surface area contributed by atoms with Gasteiger partial charge in [-0.3, -0.25) is 4.79 Å². The zero-order chi connectivity index (χ0) is 25.4. The lowest BCUT2D eigenvalue weighted by Crippen LogP contribution is -2.27. The van der Waals surface area contributed by atoms with Gasteiger partial charge in [-0.2, -0.15) is 0 Å². The Morgan fingerprint density at radius 2 is 1.50 bits per heavy atom. The van der Waals surface area contributed by atoms with E-state index in [0.717, 1.165) is 34.6 Å². The van der Waals surface area contributed by atoms with Gasteiger partial charge in [0.1, 0.15) is 0 Å². The lowest BCUT2D eigenvalue weighted by Gasteiger charge is -2.30. The molecule has 0 bridgehead atoms. The first-order valence-corrected chi connectivity index (χ1v) is 12.4. The lowest BCUT2D eigenvalue weighted by atomic mass is 9.77. The summed E-state index contributed by atoms with van der Waals surface area (Å²) >= 11 is 0. The van der Waals surface area contributed by atoms with Crippen LogP contribution in [0.2, 0.25) is 0 Å². The Bertz CT molecular complexity index is 1330. The number of allylic oxidation sites excluding steroid dienone is 1. The second-order valence-electron chi connectivity index (χ2n) is 10.7. The Balaban J connectivity index is 1.53. The number of rotatable bonds is 3. The number of methoxy groups -OCH3 is 1. The quantitative estimate of drug-likeness (QED) is 0.406. The fourth-order valence-corrected chi connectivity index (χ4v) is 5.16. The largest absolute Gasteiger partial charge is 0.465 e. The van der Waals surface area contributed by atoms with Crippen molar-refractivity contribution < 1.29 is 14.3 Å². The highest BCUT2D eigenvalue weighted by Crippen LogP contribution is 2.44. The van der Waals surface area contributed by atoms with Crippen molar-refractivity contribution in [1.82, 2.24) is 0 Å². The predicted molar refractivity (Wildman–Crippen MR) is 143 cm³/mol. The van der Waals surface area contributed by atoms with Crippen LogP contribution in [0.1, 0.15) is 72.6 Å². The fraction of sp³-hybridized carbons (Fsp3) is 0.290. The summed E-state index contributed by atoms with van der Waals surface area (Å²) < 4.78 is 4.84. The van der Waals surface area contributed by atoms with Gasteiger partial charge < -0.3 is 15.4 Å². The number of hydrogen-bond acceptors (Lipinski definition) is 5. The monoisotopic (exact) mass is 480 g/mol. The molecule has 0 radical (unpaired) electrons. The van der Waals surface area contributed by atoms with Gasteiger partial charge in [-0.1, -0.05) is 69.3 Å². The first-order valence-electron chi connectivity index (χ1n) is 12.4. The van der Waals surface area contributed by atoms with Crippen molar-refractivity contribution >= 4 is 23.1 Å². The summed E-state index contributed by atoms with van der Waals surface area (Å²) in [6.07, 6.45) is 1.22. The van der Waals surface area contributed by atoms with Gasteiger partial charge in [0.25, 0.3) is 0 Å². The number of benzene rings is 3. The predicted octanol–water partition coefficient (Wildman–Crippen LogP) is 6.75. The topological polar surface area (TPSA) is 67.4 Å². The average molecular weight is 481 g/mol. The summed E-state index contributed by atoms with van der Waals surface area (Å²) in [5.74, 6) is -0.127. The molecule has 3 aromatic carbocycles. The maximum Gasteiger partial charge on any atom is 0.337 e. The molecule has 0 unspecified atom stereocenters. The van der Waals surface area contributed by atoms with Gasteiger partial charge in [0.05, 0.1) is 30.1 Å². The molecule has 0 aromatic heterocycles. The summed E-state index contributed by atoms with van der Waals surface area (Å²) in [4.78, 5) is 25.7. The standard InChI is InChI=1S/C31H32N2O3/c1-31(2,3)23-15-13-19(14-16-23)22-17-26-28(27(34)18-22)29(33-25-8-6-5-7-24(25)32-26)20-9-11-21(12-10-20)30(35)36-4/h5-16,22,29,32-33H,17-18H2,1-4H3/t22-,29-/m1/s1. The van der Waals surface area contributed by atoms with Crippen LogP contribution in [0.4, 0.5) is 11.4 Å². The first-order chi connectivity index (χ1) is 17.2. The molecule has 2 N–H and O–H groups in total. The molecule has 1 heterocycles. The minimum Gasteiger partial charge on any atom is -0.465 e. The Labute approximate surface area is 212 Å². The van der Waals surface area contributed by atoms with E-state index in [2.05, 4.69) is 55.7 Å². The SMILES string of the molecule is COC(=O)c1ccc([C@H]2Nc3ccccc3NC3=C2C(=O)C[C@H](c2ccc(C(C)(C)C)cc2)C3)cc1. The van der Waals surface area contributed by atoms with Crippen molar-refractivity contribution in [1.29, 1.82) is 0 Å². The first kappa shape index (κ1) is 23.9. The highest BCUT2D eigenvalue weighted by molar-refractivity contribution is 6.01. The summed E-state index contributed by atoms with van der Waals surface area (Å²) in [5.41, 5.74) is 7.58. The van der Waals surface area contributed by atoms with Gasteiger partial charge in [0.2, 0.25) is 0 Å². The minimum atomic E-state index is -0.378. The number of Topliss-reactive ketones (excluding diaryl/α,β-unsaturated/α-hetero) is 1. The Hall–Kier alpha value is -3.86. The fourth-order valence-electron chi connectivity index (χ4n) is 5.16. The molecule has 0 fully saturated rings. The average Bonchev–Trinajstić information content (AvgIpc) is 3.05. The second-order valence-corrected chi connectivity index (χ2v) is 10.7. The molecule has 5 rings (SSSR count). The number of ether oxygens (including phenoxy) is 1. The van der Waals surface area contributed by atoms with Crippen molar-refractivity contribution in [2.75, 3.05) is 17.7 Å². The highest BCUT2D eigenvalue weighted by atomic mass is 16.5. The number of para-hydroxylation sites is 2. The van der Waals surface area contributed by atoms with E-state index in [1.165, 1.54) is 18.2 Å². The normalized spacial score (nSPS) is 19.4. The molecule has 5 nitrogen and oxygen atoms in total. The third-order valence-corrected chi connectivity index (χ3v) is 7.22. The molecule has 1 aliphatic carbocycles. The van der Waals surface area contributed by atoms with E-state index in [1.54, 1.807) is 12.1 Å². The molecular weight excluding hydrogens is 448 g/mol. The molecule has 0 saturated carbocycles. The molecule has 1 aliphatic heterocycles. The van der Waals surface area contributed by atoms with Crippen LogP contribution in [0.15, 0.2) is 84.1 Å².